The van der Waals surface area contributed by atoms with Gasteiger partial charge in [0.2, 0.25) is 0 Å². The zero-order chi connectivity index (χ0) is 18.3. The molecule has 0 heterocycles. The van der Waals surface area contributed by atoms with E-state index in [0.29, 0.717) is 12.5 Å². The van der Waals surface area contributed by atoms with Gasteiger partial charge in [0.1, 0.15) is 0 Å². The fourth-order valence-electron chi connectivity index (χ4n) is 2.49. The number of hydrogen-bond donors (Lipinski definition) is 1. The van der Waals surface area contributed by atoms with Crippen LogP contribution in [0, 0.1) is 5.92 Å². The van der Waals surface area contributed by atoms with Crippen LogP contribution in [0.25, 0.3) is 0 Å². The van der Waals surface area contributed by atoms with Crippen molar-refractivity contribution in [2.45, 2.75) is 84.5 Å². The molecule has 1 atom stereocenters. The van der Waals surface area contributed by atoms with Gasteiger partial charge in [-0.1, -0.05) is 71.6 Å². The first kappa shape index (κ1) is 23.3. The van der Waals surface area contributed by atoms with Crippen LogP contribution in [0.5, 0.6) is 0 Å². The van der Waals surface area contributed by atoms with Crippen molar-refractivity contribution in [3.63, 3.8) is 0 Å². The first-order valence-corrected chi connectivity index (χ1v) is 10.5. The largest absolute Gasteiger partial charge is 0.465 e. The van der Waals surface area contributed by atoms with Crippen molar-refractivity contribution in [3.05, 3.63) is 0 Å². The van der Waals surface area contributed by atoms with Crippen LogP contribution in [0.4, 0.5) is 0 Å². The van der Waals surface area contributed by atoms with E-state index >= 15 is 0 Å². The van der Waals surface area contributed by atoms with Gasteiger partial charge >= 0.3 is 16.4 Å². The second-order valence-electron chi connectivity index (χ2n) is 6.22. The fraction of sp³-hybridized carbons (Fsp3) is 0.941. The summed E-state index contributed by atoms with van der Waals surface area (Å²) in [6.45, 7) is 4.26. The molecule has 0 bridgehead atoms. The Morgan fingerprint density at radius 3 is 2.12 bits per heavy atom. The van der Waals surface area contributed by atoms with E-state index in [1.165, 1.54) is 44.9 Å². The van der Waals surface area contributed by atoms with Gasteiger partial charge in [-0.25, -0.2) is 4.18 Å². The third-order valence-corrected chi connectivity index (χ3v) is 4.53. The molecule has 0 aromatic heterocycles. The number of esters is 1. The number of carbonyl (C=O) groups excluding carboxylic acids is 1. The molecule has 0 spiro atoms. The van der Waals surface area contributed by atoms with E-state index in [4.69, 9.17) is 9.29 Å². The molecule has 24 heavy (non-hydrogen) atoms. The van der Waals surface area contributed by atoms with Crippen LogP contribution in [0.3, 0.4) is 0 Å². The molecule has 0 saturated heterocycles. The van der Waals surface area contributed by atoms with Gasteiger partial charge in [-0.3, -0.25) is 9.35 Å². The first-order chi connectivity index (χ1) is 11.4. The van der Waals surface area contributed by atoms with Crippen LogP contribution in [-0.4, -0.2) is 32.2 Å². The van der Waals surface area contributed by atoms with Crippen LogP contribution in [0.2, 0.25) is 0 Å². The van der Waals surface area contributed by atoms with Crippen molar-refractivity contribution < 1.29 is 26.7 Å². The Hall–Kier alpha value is -0.660. The Bertz CT molecular complexity index is 407. The summed E-state index contributed by atoms with van der Waals surface area (Å²) in [5.41, 5.74) is 0. The summed E-state index contributed by atoms with van der Waals surface area (Å²) < 4.78 is 38.3. The van der Waals surface area contributed by atoms with Crippen molar-refractivity contribution in [3.8, 4) is 0 Å². The third kappa shape index (κ3) is 16.2. The van der Waals surface area contributed by atoms with Gasteiger partial charge in [0, 0.05) is 0 Å². The molecule has 0 amide bonds. The van der Waals surface area contributed by atoms with Gasteiger partial charge in [0.05, 0.1) is 19.6 Å². The van der Waals surface area contributed by atoms with Crippen LogP contribution >= 0.6 is 0 Å². The van der Waals surface area contributed by atoms with E-state index in [1.54, 1.807) is 0 Å². The van der Waals surface area contributed by atoms with Gasteiger partial charge < -0.3 is 4.74 Å². The quantitative estimate of drug-likeness (QED) is 0.249. The van der Waals surface area contributed by atoms with Crippen LogP contribution < -0.4 is 0 Å². The van der Waals surface area contributed by atoms with Gasteiger partial charge in [0.15, 0.2) is 0 Å². The van der Waals surface area contributed by atoms with Crippen molar-refractivity contribution in [2.75, 3.05) is 13.2 Å². The molecule has 0 aliphatic rings. The van der Waals surface area contributed by atoms with E-state index in [-0.39, 0.29) is 6.42 Å². The molecular formula is C17H34O6S. The molecular weight excluding hydrogens is 332 g/mol. The molecule has 1 N–H and O–H groups in total. The van der Waals surface area contributed by atoms with Gasteiger partial charge in [-0.05, 0) is 12.3 Å². The number of hydrogen-bond acceptors (Lipinski definition) is 5. The normalized spacial score (nSPS) is 13.0. The summed E-state index contributed by atoms with van der Waals surface area (Å²) in [5, 5.41) is 0. The molecule has 144 valence electrons. The van der Waals surface area contributed by atoms with E-state index in [1.807, 2.05) is 0 Å². The van der Waals surface area contributed by atoms with Gasteiger partial charge in [-0.2, -0.15) is 8.42 Å². The summed E-state index contributed by atoms with van der Waals surface area (Å²) in [5.74, 6) is -0.162. The summed E-state index contributed by atoms with van der Waals surface area (Å²) in [7, 11) is -4.49. The summed E-state index contributed by atoms with van der Waals surface area (Å²) >= 11 is 0. The Kier molecular flexibility index (Phi) is 14.3. The molecule has 0 aliphatic heterocycles. The standard InChI is InChI=1S/C17H34O6S/c1-3-5-6-7-8-9-10-11-12-16(4-2)15-22-17(18)13-14-23-24(19,20)21/h16H,3-15H2,1-2H3,(H,19,20,21). The van der Waals surface area contributed by atoms with Crippen molar-refractivity contribution >= 4 is 16.4 Å². The molecule has 7 heteroatoms. The molecule has 0 fully saturated rings. The Morgan fingerprint density at radius 2 is 1.58 bits per heavy atom. The number of rotatable bonds is 16. The Balaban J connectivity index is 3.63. The van der Waals surface area contributed by atoms with E-state index in [0.717, 1.165) is 19.3 Å². The average Bonchev–Trinajstić information content (AvgIpc) is 2.51. The van der Waals surface area contributed by atoms with Crippen molar-refractivity contribution in [1.29, 1.82) is 0 Å². The lowest BCUT2D eigenvalue weighted by atomic mass is 9.98. The zero-order valence-electron chi connectivity index (χ0n) is 15.2. The minimum absolute atomic E-state index is 0.187. The van der Waals surface area contributed by atoms with E-state index in [9.17, 15) is 13.2 Å². The minimum Gasteiger partial charge on any atom is -0.465 e. The first-order valence-electron chi connectivity index (χ1n) is 9.16. The third-order valence-electron chi connectivity index (χ3n) is 4.06. The predicted molar refractivity (Wildman–Crippen MR) is 94.1 cm³/mol. The molecule has 0 aromatic rings. The highest BCUT2D eigenvalue weighted by Gasteiger charge is 2.12. The molecule has 0 rings (SSSR count). The maximum absolute atomic E-state index is 11.5. The highest BCUT2D eigenvalue weighted by atomic mass is 32.3. The molecule has 6 nitrogen and oxygen atoms in total. The van der Waals surface area contributed by atoms with E-state index in [2.05, 4.69) is 18.0 Å². The van der Waals surface area contributed by atoms with Gasteiger partial charge in [-0.15, -0.1) is 0 Å². The smallest absolute Gasteiger partial charge is 0.397 e. The predicted octanol–water partition coefficient (Wildman–Crippen LogP) is 4.30. The topological polar surface area (TPSA) is 89.9 Å². The number of unbranched alkanes of at least 4 members (excludes halogenated alkanes) is 7. The Morgan fingerprint density at radius 1 is 1.00 bits per heavy atom. The van der Waals surface area contributed by atoms with Crippen molar-refractivity contribution in [2.24, 2.45) is 5.92 Å². The minimum atomic E-state index is -4.49. The maximum Gasteiger partial charge on any atom is 0.397 e. The number of ether oxygens (including phenoxy) is 1. The average molecular weight is 367 g/mol. The lowest BCUT2D eigenvalue weighted by Crippen LogP contribution is -2.16. The van der Waals surface area contributed by atoms with E-state index < -0.39 is 23.0 Å². The van der Waals surface area contributed by atoms with Crippen molar-refractivity contribution in [1.82, 2.24) is 0 Å². The molecule has 0 radical (unpaired) electrons. The lowest BCUT2D eigenvalue weighted by Gasteiger charge is -2.15. The molecule has 0 saturated carbocycles. The van der Waals surface area contributed by atoms with Crippen LogP contribution in [-0.2, 0) is 24.1 Å². The highest BCUT2D eigenvalue weighted by Crippen LogP contribution is 2.16. The zero-order valence-corrected chi connectivity index (χ0v) is 16.0. The van der Waals surface area contributed by atoms with Crippen LogP contribution in [0.1, 0.15) is 84.5 Å². The summed E-state index contributed by atoms with van der Waals surface area (Å²) in [6.07, 6.45) is 12.0. The summed E-state index contributed by atoms with van der Waals surface area (Å²) in [4.78, 5) is 11.5. The van der Waals surface area contributed by atoms with Crippen LogP contribution in [0.15, 0.2) is 0 Å². The number of carbonyl (C=O) groups is 1. The molecule has 0 aliphatic carbocycles. The van der Waals surface area contributed by atoms with Gasteiger partial charge in [0.25, 0.3) is 0 Å². The maximum atomic E-state index is 11.5. The fourth-order valence-corrected chi connectivity index (χ4v) is 2.78. The monoisotopic (exact) mass is 366 g/mol. The molecule has 1 unspecified atom stereocenters. The Labute approximate surface area is 147 Å². The second-order valence-corrected chi connectivity index (χ2v) is 7.31. The summed E-state index contributed by atoms with van der Waals surface area (Å²) in [6, 6.07) is 0. The SMILES string of the molecule is CCCCCCCCCCC(CC)COC(=O)CCOS(=O)(=O)O. The second kappa shape index (κ2) is 14.7. The lowest BCUT2D eigenvalue weighted by molar-refractivity contribution is -0.145. The molecule has 0 aromatic carbocycles. The highest BCUT2D eigenvalue weighted by molar-refractivity contribution is 7.80.